The molecule has 4 aromatic rings. The smallest absolute Gasteiger partial charge is 0.263 e. The maximum atomic E-state index is 12.9. The van der Waals surface area contributed by atoms with Gasteiger partial charge in [-0.2, -0.15) is 0 Å². The zero-order chi connectivity index (χ0) is 22.1. The molecule has 0 aliphatic heterocycles. The lowest BCUT2D eigenvalue weighted by Gasteiger charge is -2.13. The third-order valence-corrected chi connectivity index (χ3v) is 6.05. The summed E-state index contributed by atoms with van der Waals surface area (Å²) in [4.78, 5) is 25.6. The lowest BCUT2D eigenvalue weighted by molar-refractivity contribution is -0.115. The molecule has 0 unspecified atom stereocenters. The molecule has 0 saturated carbocycles. The second kappa shape index (κ2) is 8.74. The van der Waals surface area contributed by atoms with E-state index in [1.165, 1.54) is 16.3 Å². The Kier molecular flexibility index (Phi) is 6.04. The van der Waals surface area contributed by atoms with Crippen LogP contribution in [0.4, 0.5) is 5.69 Å². The van der Waals surface area contributed by atoms with Gasteiger partial charge in [0.15, 0.2) is 5.16 Å². The Morgan fingerprint density at radius 2 is 1.94 bits per heavy atom. The third-order valence-electron chi connectivity index (χ3n) is 4.57. The zero-order valence-corrected chi connectivity index (χ0v) is 18.7. The normalized spacial score (nSPS) is 12.2. The van der Waals surface area contributed by atoms with Crippen LogP contribution in [0.1, 0.15) is 6.92 Å². The number of benzene rings is 2. The SMILES string of the molecule is C=CCn1c(=O)c2ccccc2n2c(S[C@@H](C)C(=O)Nc3cc(Cl)cc(Cl)c3)nnc12. The number of carbonyl (C=O) groups is 1. The van der Waals surface area contributed by atoms with Crippen LogP contribution in [0.25, 0.3) is 16.7 Å². The molecular weight excluding hydrogens is 457 g/mol. The number of fused-ring (bicyclic) bond motifs is 3. The number of nitrogens with one attached hydrogen (secondary N) is 1. The number of hydrogen-bond acceptors (Lipinski definition) is 5. The van der Waals surface area contributed by atoms with Gasteiger partial charge in [0.1, 0.15) is 0 Å². The molecule has 7 nitrogen and oxygen atoms in total. The second-order valence-corrected chi connectivity index (χ2v) is 8.93. The summed E-state index contributed by atoms with van der Waals surface area (Å²) in [5.41, 5.74) is 1.01. The molecule has 158 valence electrons. The molecule has 1 atom stereocenters. The summed E-state index contributed by atoms with van der Waals surface area (Å²) in [6.45, 7) is 5.77. The van der Waals surface area contributed by atoms with E-state index >= 15 is 0 Å². The van der Waals surface area contributed by atoms with Crippen molar-refractivity contribution < 1.29 is 4.79 Å². The van der Waals surface area contributed by atoms with Crippen molar-refractivity contribution >= 4 is 63.2 Å². The fraction of sp³-hybridized carbons (Fsp3) is 0.143. The molecule has 0 aliphatic carbocycles. The van der Waals surface area contributed by atoms with Crippen LogP contribution in [-0.4, -0.2) is 30.3 Å². The fourth-order valence-corrected chi connectivity index (χ4v) is 4.57. The molecule has 0 radical (unpaired) electrons. The van der Waals surface area contributed by atoms with Crippen LogP contribution >= 0.6 is 35.0 Å². The first kappa shape index (κ1) is 21.4. The molecule has 31 heavy (non-hydrogen) atoms. The third kappa shape index (κ3) is 4.19. The van der Waals surface area contributed by atoms with E-state index in [1.807, 2.05) is 12.1 Å². The van der Waals surface area contributed by atoms with E-state index in [9.17, 15) is 9.59 Å². The van der Waals surface area contributed by atoms with Crippen LogP contribution in [0, 0.1) is 0 Å². The number of hydrogen-bond donors (Lipinski definition) is 1. The molecule has 0 spiro atoms. The van der Waals surface area contributed by atoms with E-state index in [1.54, 1.807) is 47.7 Å². The first-order chi connectivity index (χ1) is 14.9. The number of nitrogens with zero attached hydrogens (tertiary/aromatic N) is 4. The molecule has 4 rings (SSSR count). The van der Waals surface area contributed by atoms with Gasteiger partial charge in [0.25, 0.3) is 5.56 Å². The summed E-state index contributed by atoms with van der Waals surface area (Å²) in [7, 11) is 0. The molecule has 0 bridgehead atoms. The van der Waals surface area contributed by atoms with Gasteiger partial charge < -0.3 is 5.32 Å². The number of allylic oxidation sites excluding steroid dienone is 1. The molecule has 0 fully saturated rings. The number of rotatable bonds is 6. The predicted molar refractivity (Wildman–Crippen MR) is 125 cm³/mol. The quantitative estimate of drug-likeness (QED) is 0.325. The van der Waals surface area contributed by atoms with Crippen molar-refractivity contribution in [3.05, 3.63) is 75.5 Å². The van der Waals surface area contributed by atoms with E-state index in [4.69, 9.17) is 23.2 Å². The van der Waals surface area contributed by atoms with Gasteiger partial charge in [-0.3, -0.25) is 18.6 Å². The zero-order valence-electron chi connectivity index (χ0n) is 16.4. The molecule has 10 heteroatoms. The number of anilines is 1. The lowest BCUT2D eigenvalue weighted by Crippen LogP contribution is -2.24. The Balaban J connectivity index is 1.71. The van der Waals surface area contributed by atoms with Crippen LogP contribution in [0.3, 0.4) is 0 Å². The largest absolute Gasteiger partial charge is 0.325 e. The predicted octanol–water partition coefficient (Wildman–Crippen LogP) is 4.66. The number of amides is 1. The van der Waals surface area contributed by atoms with Gasteiger partial charge in [-0.1, -0.05) is 53.2 Å². The number of halogens is 2. The minimum Gasteiger partial charge on any atom is -0.325 e. The second-order valence-electron chi connectivity index (χ2n) is 6.75. The Hall–Kier alpha value is -2.81. The van der Waals surface area contributed by atoms with E-state index in [2.05, 4.69) is 22.1 Å². The van der Waals surface area contributed by atoms with Gasteiger partial charge in [0.2, 0.25) is 11.7 Å². The number of thioether (sulfide) groups is 1. The molecular formula is C21H17Cl2N5O2S. The standard InChI is InChI=1S/C21H17Cl2N5O2S/c1-3-8-27-19(30)16-6-4-5-7-17(16)28-20(27)25-26-21(28)31-12(2)18(29)24-15-10-13(22)9-14(23)11-15/h3-7,9-12H,1,8H2,2H3,(H,24,29)/t12-/m0/s1. The van der Waals surface area contributed by atoms with Crippen LogP contribution in [0.2, 0.25) is 10.0 Å². The van der Waals surface area contributed by atoms with Gasteiger partial charge in [0, 0.05) is 22.3 Å². The highest BCUT2D eigenvalue weighted by molar-refractivity contribution is 8.00. The summed E-state index contributed by atoms with van der Waals surface area (Å²) in [5, 5.41) is 12.6. The fourth-order valence-electron chi connectivity index (χ4n) is 3.19. The van der Waals surface area contributed by atoms with Crippen molar-refractivity contribution in [1.29, 1.82) is 0 Å². The van der Waals surface area contributed by atoms with Crippen molar-refractivity contribution in [1.82, 2.24) is 19.2 Å². The monoisotopic (exact) mass is 473 g/mol. The Bertz CT molecular complexity index is 1360. The maximum Gasteiger partial charge on any atom is 0.263 e. The van der Waals surface area contributed by atoms with E-state index in [-0.39, 0.29) is 11.5 Å². The summed E-state index contributed by atoms with van der Waals surface area (Å²) in [6.07, 6.45) is 1.63. The van der Waals surface area contributed by atoms with Gasteiger partial charge >= 0.3 is 0 Å². The summed E-state index contributed by atoms with van der Waals surface area (Å²) in [5.74, 6) is 0.143. The molecule has 2 heterocycles. The number of para-hydroxylation sites is 1. The average molecular weight is 474 g/mol. The summed E-state index contributed by atoms with van der Waals surface area (Å²) in [6, 6.07) is 12.1. The molecule has 0 aliphatic rings. The highest BCUT2D eigenvalue weighted by Crippen LogP contribution is 2.27. The number of aromatic nitrogens is 4. The number of carbonyl (C=O) groups excluding carboxylic acids is 1. The van der Waals surface area contributed by atoms with E-state index in [0.717, 1.165) is 0 Å². The molecule has 1 amide bonds. The van der Waals surface area contributed by atoms with Crippen molar-refractivity contribution in [2.45, 2.75) is 23.9 Å². The lowest BCUT2D eigenvalue weighted by atomic mass is 10.2. The molecule has 2 aromatic heterocycles. The minimum atomic E-state index is -0.510. The molecule has 1 N–H and O–H groups in total. The maximum absolute atomic E-state index is 12.9. The minimum absolute atomic E-state index is 0.171. The average Bonchev–Trinajstić information content (AvgIpc) is 3.14. The first-order valence-electron chi connectivity index (χ1n) is 9.30. The Labute approximate surface area is 191 Å². The Morgan fingerprint density at radius 1 is 1.23 bits per heavy atom. The van der Waals surface area contributed by atoms with Crippen molar-refractivity contribution in [3.8, 4) is 0 Å². The van der Waals surface area contributed by atoms with Gasteiger partial charge in [0.05, 0.1) is 16.2 Å². The van der Waals surface area contributed by atoms with Gasteiger partial charge in [-0.15, -0.1) is 16.8 Å². The van der Waals surface area contributed by atoms with Crippen LogP contribution in [0.5, 0.6) is 0 Å². The van der Waals surface area contributed by atoms with Gasteiger partial charge in [-0.25, -0.2) is 0 Å². The van der Waals surface area contributed by atoms with Crippen molar-refractivity contribution in [3.63, 3.8) is 0 Å². The van der Waals surface area contributed by atoms with E-state index in [0.29, 0.717) is 44.1 Å². The van der Waals surface area contributed by atoms with Gasteiger partial charge in [-0.05, 0) is 37.3 Å². The van der Waals surface area contributed by atoms with Crippen LogP contribution in [-0.2, 0) is 11.3 Å². The van der Waals surface area contributed by atoms with E-state index < -0.39 is 5.25 Å². The first-order valence-corrected chi connectivity index (χ1v) is 10.9. The Morgan fingerprint density at radius 3 is 2.65 bits per heavy atom. The summed E-state index contributed by atoms with van der Waals surface area (Å²) < 4.78 is 3.29. The molecule has 0 saturated heterocycles. The van der Waals surface area contributed by atoms with Crippen LogP contribution in [0.15, 0.2) is 65.1 Å². The topological polar surface area (TPSA) is 81.3 Å². The highest BCUT2D eigenvalue weighted by atomic mass is 35.5. The van der Waals surface area contributed by atoms with Crippen LogP contribution < -0.4 is 10.9 Å². The summed E-state index contributed by atoms with van der Waals surface area (Å²) >= 11 is 13.2. The van der Waals surface area contributed by atoms with Crippen molar-refractivity contribution in [2.24, 2.45) is 0 Å². The van der Waals surface area contributed by atoms with Crippen molar-refractivity contribution in [2.75, 3.05) is 5.32 Å². The highest BCUT2D eigenvalue weighted by Gasteiger charge is 2.21. The molecule has 2 aromatic carbocycles.